The normalized spacial score (nSPS) is 12.0. The molecular formula is C22H17ClF3N3O2. The summed E-state index contributed by atoms with van der Waals surface area (Å²) < 4.78 is 39.4. The second kappa shape index (κ2) is 9.18. The third-order valence-corrected chi connectivity index (χ3v) is 4.57. The van der Waals surface area contributed by atoms with Gasteiger partial charge >= 0.3 is 6.18 Å². The van der Waals surface area contributed by atoms with Crippen LogP contribution in [0.3, 0.4) is 0 Å². The number of amides is 2. The van der Waals surface area contributed by atoms with E-state index in [9.17, 15) is 22.8 Å². The molecule has 0 fully saturated rings. The molecule has 0 bridgehead atoms. The molecule has 0 saturated carbocycles. The zero-order chi connectivity index (χ0) is 22.6. The van der Waals surface area contributed by atoms with Crippen molar-refractivity contribution in [2.75, 3.05) is 5.32 Å². The van der Waals surface area contributed by atoms with Gasteiger partial charge in [-0.2, -0.15) is 18.3 Å². The predicted molar refractivity (Wildman–Crippen MR) is 114 cm³/mol. The lowest BCUT2D eigenvalue weighted by Gasteiger charge is -2.14. The standard InChI is InChI=1S/C22H17ClF3N3O2/c1-13(10-20(30)27-19-9-8-17(23)12-18(19)22(24,25)26)28-29-21(31)16-7-6-14-4-2-3-5-15(14)11-16/h2-9,11-12H,10H2,1H3,(H,27,30)(H,29,31). The lowest BCUT2D eigenvalue weighted by atomic mass is 10.1. The van der Waals surface area contributed by atoms with Gasteiger partial charge in [-0.05, 0) is 48.0 Å². The first kappa shape index (κ1) is 22.3. The van der Waals surface area contributed by atoms with Crippen molar-refractivity contribution in [1.82, 2.24) is 5.43 Å². The number of halogens is 4. The first-order chi connectivity index (χ1) is 14.6. The van der Waals surface area contributed by atoms with Crippen molar-refractivity contribution < 1.29 is 22.8 Å². The smallest absolute Gasteiger partial charge is 0.325 e. The maximum absolute atomic E-state index is 13.1. The summed E-state index contributed by atoms with van der Waals surface area (Å²) in [6.45, 7) is 1.48. The van der Waals surface area contributed by atoms with Crippen LogP contribution in [0, 0.1) is 0 Å². The van der Waals surface area contributed by atoms with E-state index in [0.29, 0.717) is 5.56 Å². The van der Waals surface area contributed by atoms with Crippen molar-refractivity contribution in [1.29, 1.82) is 0 Å². The molecule has 9 heteroatoms. The van der Waals surface area contributed by atoms with Gasteiger partial charge < -0.3 is 5.32 Å². The summed E-state index contributed by atoms with van der Waals surface area (Å²) >= 11 is 5.63. The van der Waals surface area contributed by atoms with Crippen LogP contribution in [0.5, 0.6) is 0 Å². The molecule has 2 amide bonds. The molecule has 0 saturated heterocycles. The third kappa shape index (κ3) is 5.82. The van der Waals surface area contributed by atoms with Crippen molar-refractivity contribution >= 4 is 45.6 Å². The average molecular weight is 448 g/mol. The molecule has 3 aromatic carbocycles. The minimum absolute atomic E-state index is 0.0977. The van der Waals surface area contributed by atoms with E-state index in [2.05, 4.69) is 15.8 Å². The molecule has 0 heterocycles. The molecule has 0 radical (unpaired) electrons. The van der Waals surface area contributed by atoms with Crippen molar-refractivity contribution in [3.63, 3.8) is 0 Å². The Morgan fingerprint density at radius 3 is 2.42 bits per heavy atom. The van der Waals surface area contributed by atoms with E-state index in [1.807, 2.05) is 24.3 Å². The van der Waals surface area contributed by atoms with Crippen LogP contribution in [0.25, 0.3) is 10.8 Å². The van der Waals surface area contributed by atoms with Crippen LogP contribution in [-0.4, -0.2) is 17.5 Å². The molecule has 0 unspecified atom stereocenters. The van der Waals surface area contributed by atoms with Gasteiger partial charge in [0.1, 0.15) is 0 Å². The number of hydrazone groups is 1. The highest BCUT2D eigenvalue weighted by atomic mass is 35.5. The molecule has 0 atom stereocenters. The first-order valence-corrected chi connectivity index (χ1v) is 9.50. The third-order valence-electron chi connectivity index (χ3n) is 4.34. The van der Waals surface area contributed by atoms with Crippen LogP contribution in [0.2, 0.25) is 5.02 Å². The zero-order valence-electron chi connectivity index (χ0n) is 16.3. The Hall–Kier alpha value is -3.39. The van der Waals surface area contributed by atoms with E-state index in [1.54, 1.807) is 18.2 Å². The largest absolute Gasteiger partial charge is 0.418 e. The molecule has 0 aliphatic rings. The Bertz CT molecular complexity index is 1180. The number of alkyl halides is 3. The number of rotatable bonds is 5. The summed E-state index contributed by atoms with van der Waals surface area (Å²) in [6, 6.07) is 15.8. The maximum atomic E-state index is 13.1. The highest BCUT2D eigenvalue weighted by Crippen LogP contribution is 2.36. The van der Waals surface area contributed by atoms with E-state index in [1.165, 1.54) is 13.0 Å². The second-order valence-corrected chi connectivity index (χ2v) is 7.20. The monoisotopic (exact) mass is 447 g/mol. The lowest BCUT2D eigenvalue weighted by molar-refractivity contribution is -0.137. The number of hydrogen-bond acceptors (Lipinski definition) is 3. The summed E-state index contributed by atoms with van der Waals surface area (Å²) in [5.41, 5.74) is 1.49. The fourth-order valence-electron chi connectivity index (χ4n) is 2.87. The van der Waals surface area contributed by atoms with Crippen LogP contribution in [0.1, 0.15) is 29.3 Å². The number of hydrogen-bond donors (Lipinski definition) is 2. The van der Waals surface area contributed by atoms with Gasteiger partial charge in [0.25, 0.3) is 5.91 Å². The van der Waals surface area contributed by atoms with Crippen LogP contribution < -0.4 is 10.7 Å². The molecule has 5 nitrogen and oxygen atoms in total. The number of fused-ring (bicyclic) bond motifs is 1. The molecule has 0 aliphatic heterocycles. The van der Waals surface area contributed by atoms with Gasteiger partial charge in [-0.15, -0.1) is 0 Å². The van der Waals surface area contributed by atoms with Crippen LogP contribution >= 0.6 is 11.6 Å². The van der Waals surface area contributed by atoms with Crippen molar-refractivity contribution in [2.45, 2.75) is 19.5 Å². The van der Waals surface area contributed by atoms with Gasteiger partial charge in [-0.1, -0.05) is 41.9 Å². The topological polar surface area (TPSA) is 70.6 Å². The lowest BCUT2D eigenvalue weighted by Crippen LogP contribution is -2.22. The predicted octanol–water partition coefficient (Wildman–Crippen LogP) is 5.65. The van der Waals surface area contributed by atoms with Gasteiger partial charge in [0, 0.05) is 16.3 Å². The minimum Gasteiger partial charge on any atom is -0.325 e. The highest BCUT2D eigenvalue weighted by Gasteiger charge is 2.34. The molecule has 160 valence electrons. The summed E-state index contributed by atoms with van der Waals surface area (Å²) in [5.74, 6) is -1.18. The van der Waals surface area contributed by atoms with E-state index in [-0.39, 0.29) is 17.2 Å². The summed E-state index contributed by atoms with van der Waals surface area (Å²) in [6.07, 6.45) is -4.98. The fraction of sp³-hybridized carbons (Fsp3) is 0.136. The van der Waals surface area contributed by atoms with Crippen molar-refractivity contribution in [2.24, 2.45) is 5.10 Å². The highest BCUT2D eigenvalue weighted by molar-refractivity contribution is 6.30. The van der Waals surface area contributed by atoms with Crippen molar-refractivity contribution in [3.8, 4) is 0 Å². The summed E-state index contributed by atoms with van der Waals surface area (Å²) in [7, 11) is 0. The van der Waals surface area contributed by atoms with Crippen LogP contribution in [0.15, 0.2) is 65.8 Å². The van der Waals surface area contributed by atoms with E-state index < -0.39 is 29.2 Å². The van der Waals surface area contributed by atoms with Gasteiger partial charge in [-0.25, -0.2) is 5.43 Å². The number of nitrogens with zero attached hydrogens (tertiary/aromatic N) is 1. The quantitative estimate of drug-likeness (QED) is 0.392. The number of benzene rings is 3. The molecule has 0 aliphatic carbocycles. The molecule has 2 N–H and O–H groups in total. The number of carbonyl (C=O) groups excluding carboxylic acids is 2. The van der Waals surface area contributed by atoms with Crippen molar-refractivity contribution in [3.05, 3.63) is 76.8 Å². The Labute approximate surface area is 180 Å². The molecular weight excluding hydrogens is 431 g/mol. The Morgan fingerprint density at radius 2 is 1.71 bits per heavy atom. The average Bonchev–Trinajstić information content (AvgIpc) is 2.72. The molecule has 0 aromatic heterocycles. The minimum atomic E-state index is -4.68. The molecule has 3 rings (SSSR count). The van der Waals surface area contributed by atoms with Gasteiger partial charge in [-0.3, -0.25) is 9.59 Å². The molecule has 31 heavy (non-hydrogen) atoms. The van der Waals surface area contributed by atoms with E-state index >= 15 is 0 Å². The van der Waals surface area contributed by atoms with Crippen LogP contribution in [0.4, 0.5) is 18.9 Å². The van der Waals surface area contributed by atoms with Gasteiger partial charge in [0.05, 0.1) is 17.7 Å². The summed E-state index contributed by atoms with van der Waals surface area (Å²) in [4.78, 5) is 24.4. The Kier molecular flexibility index (Phi) is 6.60. The second-order valence-electron chi connectivity index (χ2n) is 6.76. The Morgan fingerprint density at radius 1 is 1.00 bits per heavy atom. The maximum Gasteiger partial charge on any atom is 0.418 e. The number of nitrogens with one attached hydrogen (secondary N) is 2. The van der Waals surface area contributed by atoms with Gasteiger partial charge in [0.15, 0.2) is 0 Å². The van der Waals surface area contributed by atoms with Gasteiger partial charge in [0.2, 0.25) is 5.91 Å². The number of carbonyl (C=O) groups is 2. The van der Waals surface area contributed by atoms with Crippen LogP contribution in [-0.2, 0) is 11.0 Å². The Balaban J connectivity index is 1.64. The summed E-state index contributed by atoms with van der Waals surface area (Å²) in [5, 5.41) is 7.84. The van der Waals surface area contributed by atoms with E-state index in [0.717, 1.165) is 22.9 Å². The molecule has 3 aromatic rings. The molecule has 0 spiro atoms. The number of anilines is 1. The first-order valence-electron chi connectivity index (χ1n) is 9.12. The van der Waals surface area contributed by atoms with E-state index in [4.69, 9.17) is 11.6 Å². The SMILES string of the molecule is CC(CC(=O)Nc1ccc(Cl)cc1C(F)(F)F)=NNC(=O)c1ccc2ccccc2c1. The fourth-order valence-corrected chi connectivity index (χ4v) is 3.04. The zero-order valence-corrected chi connectivity index (χ0v) is 17.0.